The Morgan fingerprint density at radius 2 is 1.90 bits per heavy atom. The lowest BCUT2D eigenvalue weighted by atomic mass is 10.1. The van der Waals surface area contributed by atoms with Crippen LogP contribution in [0.2, 0.25) is 0 Å². The molecule has 156 valence electrons. The number of alkyl halides is 3. The number of aromatic nitrogens is 2. The quantitative estimate of drug-likeness (QED) is 0.313. The topological polar surface area (TPSA) is 44.9 Å². The lowest BCUT2D eigenvalue weighted by Crippen LogP contribution is -2.39. The number of guanidine groups is 1. The third-order valence-electron chi connectivity index (χ3n) is 4.35. The highest BCUT2D eigenvalue weighted by Gasteiger charge is 2.29. The van der Waals surface area contributed by atoms with Crippen LogP contribution in [-0.2, 0) is 19.1 Å². The highest BCUT2D eigenvalue weighted by atomic mass is 127. The molecule has 0 aliphatic carbocycles. The summed E-state index contributed by atoms with van der Waals surface area (Å²) in [6.45, 7) is 1.10. The Balaban J connectivity index is 0.00000300. The average molecular weight is 517 g/mol. The van der Waals surface area contributed by atoms with Gasteiger partial charge >= 0.3 is 6.18 Å². The van der Waals surface area contributed by atoms with Crippen LogP contribution in [0, 0.1) is 0 Å². The van der Waals surface area contributed by atoms with E-state index in [1.165, 1.54) is 12.1 Å². The summed E-state index contributed by atoms with van der Waals surface area (Å²) in [5, 5.41) is 3.26. The van der Waals surface area contributed by atoms with E-state index in [0.717, 1.165) is 35.5 Å². The van der Waals surface area contributed by atoms with Gasteiger partial charge in [-0.3, -0.25) is 4.99 Å². The van der Waals surface area contributed by atoms with Crippen molar-refractivity contribution in [3.63, 3.8) is 0 Å². The molecule has 3 aromatic rings. The van der Waals surface area contributed by atoms with E-state index in [-0.39, 0.29) is 24.0 Å². The number of nitrogens with one attached hydrogen (secondary N) is 1. The van der Waals surface area contributed by atoms with Crippen LogP contribution in [-0.4, -0.2) is 40.9 Å². The van der Waals surface area contributed by atoms with E-state index in [4.69, 9.17) is 0 Å². The molecule has 0 amide bonds. The van der Waals surface area contributed by atoms with Crippen molar-refractivity contribution in [3.05, 3.63) is 71.7 Å². The van der Waals surface area contributed by atoms with Gasteiger partial charge in [-0.05, 0) is 29.8 Å². The van der Waals surface area contributed by atoms with Gasteiger partial charge in [0.05, 0.1) is 11.3 Å². The molecule has 0 aliphatic rings. The summed E-state index contributed by atoms with van der Waals surface area (Å²) in [5.41, 5.74) is 2.01. The molecule has 2 aromatic heterocycles. The first-order valence-electron chi connectivity index (χ1n) is 8.87. The molecule has 0 radical (unpaired) electrons. The molecular formula is C20H23F3IN5. The molecular weight excluding hydrogens is 494 g/mol. The largest absolute Gasteiger partial charge is 0.416 e. The molecule has 0 fully saturated rings. The summed E-state index contributed by atoms with van der Waals surface area (Å²) in [7, 11) is 3.52. The number of aliphatic imine (C=N–C) groups is 1. The average Bonchev–Trinajstić information content (AvgIpc) is 3.07. The number of fused-ring (bicyclic) bond motifs is 1. The van der Waals surface area contributed by atoms with Crippen LogP contribution in [0.3, 0.4) is 0 Å². The van der Waals surface area contributed by atoms with Gasteiger partial charge in [0, 0.05) is 46.0 Å². The van der Waals surface area contributed by atoms with E-state index >= 15 is 0 Å². The fourth-order valence-corrected chi connectivity index (χ4v) is 2.94. The Bertz CT molecular complexity index is 918. The predicted octanol–water partition coefficient (Wildman–Crippen LogP) is 4.22. The molecule has 5 nitrogen and oxygen atoms in total. The maximum atomic E-state index is 12.7. The zero-order chi connectivity index (χ0) is 20.1. The maximum absolute atomic E-state index is 12.7. The second-order valence-electron chi connectivity index (χ2n) is 6.47. The van der Waals surface area contributed by atoms with Crippen LogP contribution in [0.15, 0.2) is 59.9 Å². The summed E-state index contributed by atoms with van der Waals surface area (Å²) in [6.07, 6.45) is 0.358. The molecule has 0 unspecified atom stereocenters. The van der Waals surface area contributed by atoms with E-state index < -0.39 is 11.7 Å². The fraction of sp³-hybridized carbons (Fsp3) is 0.300. The van der Waals surface area contributed by atoms with Crippen LogP contribution >= 0.6 is 24.0 Å². The lowest BCUT2D eigenvalue weighted by Gasteiger charge is -2.22. The number of hydrogen-bond donors (Lipinski definition) is 1. The van der Waals surface area contributed by atoms with Crippen molar-refractivity contribution in [2.45, 2.75) is 19.1 Å². The van der Waals surface area contributed by atoms with Gasteiger partial charge in [-0.25, -0.2) is 4.98 Å². The number of nitrogens with zero attached hydrogens (tertiary/aromatic N) is 4. The number of halogens is 4. The smallest absolute Gasteiger partial charge is 0.356 e. The van der Waals surface area contributed by atoms with Crippen molar-refractivity contribution in [1.82, 2.24) is 19.6 Å². The zero-order valence-corrected chi connectivity index (χ0v) is 18.5. The van der Waals surface area contributed by atoms with E-state index in [0.29, 0.717) is 19.0 Å². The van der Waals surface area contributed by atoms with Crippen LogP contribution in [0.25, 0.3) is 5.65 Å². The second kappa shape index (κ2) is 9.95. The van der Waals surface area contributed by atoms with E-state index in [1.807, 2.05) is 46.9 Å². The molecule has 0 aliphatic heterocycles. The number of hydrogen-bond acceptors (Lipinski definition) is 2. The van der Waals surface area contributed by atoms with Crippen molar-refractivity contribution >= 4 is 35.6 Å². The van der Waals surface area contributed by atoms with Crippen molar-refractivity contribution in [1.29, 1.82) is 0 Å². The highest BCUT2D eigenvalue weighted by molar-refractivity contribution is 14.0. The van der Waals surface area contributed by atoms with Gasteiger partial charge in [0.2, 0.25) is 0 Å². The van der Waals surface area contributed by atoms with Gasteiger partial charge in [0.25, 0.3) is 0 Å². The molecule has 1 N–H and O–H groups in total. The monoisotopic (exact) mass is 517 g/mol. The number of pyridine rings is 1. The maximum Gasteiger partial charge on any atom is 0.416 e. The minimum Gasteiger partial charge on any atom is -0.356 e. The Kier molecular flexibility index (Phi) is 7.88. The van der Waals surface area contributed by atoms with Crippen LogP contribution in [0.4, 0.5) is 13.2 Å². The Labute approximate surface area is 184 Å². The summed E-state index contributed by atoms with van der Waals surface area (Å²) in [4.78, 5) is 10.7. The fourth-order valence-electron chi connectivity index (χ4n) is 2.94. The first kappa shape index (κ1) is 23.0. The third-order valence-corrected chi connectivity index (χ3v) is 4.35. The van der Waals surface area contributed by atoms with Gasteiger partial charge < -0.3 is 14.6 Å². The van der Waals surface area contributed by atoms with Gasteiger partial charge in [-0.1, -0.05) is 18.2 Å². The predicted molar refractivity (Wildman–Crippen MR) is 119 cm³/mol. The molecule has 0 bridgehead atoms. The lowest BCUT2D eigenvalue weighted by molar-refractivity contribution is -0.137. The van der Waals surface area contributed by atoms with E-state index in [9.17, 15) is 13.2 Å². The molecule has 0 saturated heterocycles. The van der Waals surface area contributed by atoms with Gasteiger partial charge in [0.15, 0.2) is 5.96 Å². The molecule has 0 spiro atoms. The van der Waals surface area contributed by atoms with Crippen LogP contribution in [0.5, 0.6) is 0 Å². The zero-order valence-electron chi connectivity index (χ0n) is 16.1. The molecule has 0 atom stereocenters. The molecule has 9 heteroatoms. The minimum absolute atomic E-state index is 0. The van der Waals surface area contributed by atoms with Crippen molar-refractivity contribution in [2.75, 3.05) is 20.6 Å². The van der Waals surface area contributed by atoms with E-state index in [2.05, 4.69) is 15.3 Å². The molecule has 0 saturated carbocycles. The molecule has 3 rings (SSSR count). The SMILES string of the molecule is CN=C(NCCc1cn2ccccc2n1)N(C)Cc1ccc(C(F)(F)F)cc1.I. The summed E-state index contributed by atoms with van der Waals surface area (Å²) >= 11 is 0. The first-order valence-corrected chi connectivity index (χ1v) is 8.87. The summed E-state index contributed by atoms with van der Waals surface area (Å²) in [6, 6.07) is 11.0. The van der Waals surface area contributed by atoms with Crippen molar-refractivity contribution in [2.24, 2.45) is 4.99 Å². The van der Waals surface area contributed by atoms with Crippen molar-refractivity contribution < 1.29 is 13.2 Å². The first-order chi connectivity index (χ1) is 13.4. The molecule has 2 heterocycles. The standard InChI is InChI=1S/C20H22F3N5.HI/c1-24-19(25-11-10-17-14-28-12-4-3-5-18(28)26-17)27(2)13-15-6-8-16(9-7-15)20(21,22)23;/h3-9,12,14H,10-11,13H2,1-2H3,(H,24,25);1H. The van der Waals surface area contributed by atoms with Gasteiger partial charge in [-0.2, -0.15) is 13.2 Å². The Morgan fingerprint density at radius 1 is 1.17 bits per heavy atom. The van der Waals surface area contributed by atoms with Gasteiger partial charge in [0.1, 0.15) is 5.65 Å². The Hall–Kier alpha value is -2.30. The number of rotatable bonds is 5. The number of benzene rings is 1. The Morgan fingerprint density at radius 3 is 2.52 bits per heavy atom. The van der Waals surface area contributed by atoms with Crippen molar-refractivity contribution in [3.8, 4) is 0 Å². The van der Waals surface area contributed by atoms with Crippen LogP contribution in [0.1, 0.15) is 16.8 Å². The minimum atomic E-state index is -4.32. The number of imidazole rings is 1. The third kappa shape index (κ3) is 6.09. The summed E-state index contributed by atoms with van der Waals surface area (Å²) in [5.74, 6) is 0.670. The molecule has 1 aromatic carbocycles. The van der Waals surface area contributed by atoms with Crippen LogP contribution < -0.4 is 5.32 Å². The highest BCUT2D eigenvalue weighted by Crippen LogP contribution is 2.29. The molecule has 29 heavy (non-hydrogen) atoms. The second-order valence-corrected chi connectivity index (χ2v) is 6.47. The van der Waals surface area contributed by atoms with E-state index in [1.54, 1.807) is 7.05 Å². The normalized spacial score (nSPS) is 12.0. The summed E-state index contributed by atoms with van der Waals surface area (Å²) < 4.78 is 40.0. The van der Waals surface area contributed by atoms with Gasteiger partial charge in [-0.15, -0.1) is 24.0 Å².